The summed E-state index contributed by atoms with van der Waals surface area (Å²) in [5, 5.41) is 10.1. The number of benzene rings is 1. The van der Waals surface area contributed by atoms with Crippen LogP contribution in [0.15, 0.2) is 24.3 Å². The van der Waals surface area contributed by atoms with E-state index in [1.54, 1.807) is 0 Å². The van der Waals surface area contributed by atoms with E-state index in [1.165, 1.54) is 16.2 Å². The maximum Gasteiger partial charge on any atom is 0.308 e. The number of amides is 1. The van der Waals surface area contributed by atoms with Crippen LogP contribution in [-0.2, 0) is 9.59 Å². The normalized spacial score (nSPS) is 18.1. The number of carboxylic acids is 1. The average Bonchev–Trinajstić information content (AvgIpc) is 2.91. The first-order chi connectivity index (χ1) is 11.0. The lowest BCUT2D eigenvalue weighted by atomic mass is 9.98. The number of rotatable bonds is 3. The Balaban J connectivity index is 1.85. The molecule has 1 aliphatic rings. The molecule has 1 atom stereocenters. The number of hydrogen-bond acceptors (Lipinski definition) is 4. The van der Waals surface area contributed by atoms with E-state index in [9.17, 15) is 14.4 Å². The number of nitrogens with zero attached hydrogens (tertiary/aromatic N) is 1. The van der Waals surface area contributed by atoms with Crippen molar-refractivity contribution in [1.82, 2.24) is 4.90 Å². The summed E-state index contributed by atoms with van der Waals surface area (Å²) in [5.74, 6) is -2.61. The third-order valence-corrected chi connectivity index (χ3v) is 5.57. The highest BCUT2D eigenvalue weighted by Crippen LogP contribution is 2.31. The maximum absolute atomic E-state index is 12.6. The van der Waals surface area contributed by atoms with Gasteiger partial charge in [-0.1, -0.05) is 18.2 Å². The number of aryl methyl sites for hydroxylation is 1. The lowest BCUT2D eigenvalue weighted by Gasteiger charge is -2.30. The standard InChI is InChI=1S/C17H17NO4S/c1-10-12-6-2-3-7-13(12)23-15(10)14(19)16(20)18-8-4-5-11(9-18)17(21)22/h2-3,6-7,11H,4-5,8-9H2,1H3,(H,21,22)/t11-/m0/s1. The molecule has 23 heavy (non-hydrogen) atoms. The number of thiophene rings is 1. The molecule has 0 unspecified atom stereocenters. The number of carbonyl (C=O) groups is 3. The number of fused-ring (bicyclic) bond motifs is 1. The monoisotopic (exact) mass is 331 g/mol. The molecule has 1 aromatic heterocycles. The van der Waals surface area contributed by atoms with Gasteiger partial charge in [-0.05, 0) is 36.8 Å². The Morgan fingerprint density at radius 2 is 2.00 bits per heavy atom. The molecule has 120 valence electrons. The lowest BCUT2D eigenvalue weighted by Crippen LogP contribution is -2.45. The van der Waals surface area contributed by atoms with E-state index < -0.39 is 23.6 Å². The second-order valence-electron chi connectivity index (χ2n) is 5.81. The van der Waals surface area contributed by atoms with Crippen LogP contribution in [0, 0.1) is 12.8 Å². The lowest BCUT2D eigenvalue weighted by molar-refractivity contribution is -0.144. The van der Waals surface area contributed by atoms with Gasteiger partial charge in [0, 0.05) is 17.8 Å². The molecule has 2 heterocycles. The van der Waals surface area contributed by atoms with Crippen molar-refractivity contribution in [2.75, 3.05) is 13.1 Å². The molecule has 1 saturated heterocycles. The van der Waals surface area contributed by atoms with Crippen LogP contribution in [-0.4, -0.2) is 40.8 Å². The molecule has 3 rings (SSSR count). The SMILES string of the molecule is Cc1c(C(=O)C(=O)N2CCC[C@H](C(=O)O)C2)sc2ccccc12. The number of likely N-dealkylation sites (tertiary alicyclic amines) is 1. The number of ketones is 1. The molecule has 0 saturated carbocycles. The van der Waals surface area contributed by atoms with Crippen molar-refractivity contribution >= 4 is 39.1 Å². The van der Waals surface area contributed by atoms with Gasteiger partial charge in [-0.15, -0.1) is 11.3 Å². The van der Waals surface area contributed by atoms with Gasteiger partial charge in [0.25, 0.3) is 11.7 Å². The van der Waals surface area contributed by atoms with Crippen molar-refractivity contribution in [2.24, 2.45) is 5.92 Å². The van der Waals surface area contributed by atoms with Gasteiger partial charge in [-0.25, -0.2) is 0 Å². The quantitative estimate of drug-likeness (QED) is 0.693. The van der Waals surface area contributed by atoms with Crippen LogP contribution in [0.2, 0.25) is 0 Å². The van der Waals surface area contributed by atoms with Crippen molar-refractivity contribution in [2.45, 2.75) is 19.8 Å². The van der Waals surface area contributed by atoms with Gasteiger partial charge in [0.15, 0.2) is 0 Å². The zero-order valence-electron chi connectivity index (χ0n) is 12.7. The number of piperidine rings is 1. The largest absolute Gasteiger partial charge is 0.481 e. The van der Waals surface area contributed by atoms with Crippen LogP contribution in [0.3, 0.4) is 0 Å². The minimum absolute atomic E-state index is 0.115. The molecule has 1 aromatic carbocycles. The summed E-state index contributed by atoms with van der Waals surface area (Å²) < 4.78 is 0.975. The third kappa shape index (κ3) is 2.86. The van der Waals surface area contributed by atoms with Crippen LogP contribution < -0.4 is 0 Å². The van der Waals surface area contributed by atoms with Crippen LogP contribution in [0.1, 0.15) is 28.1 Å². The highest BCUT2D eigenvalue weighted by Gasteiger charge is 2.32. The average molecular weight is 331 g/mol. The minimum Gasteiger partial charge on any atom is -0.481 e. The second-order valence-corrected chi connectivity index (χ2v) is 6.86. The number of carbonyl (C=O) groups excluding carboxylic acids is 2. The van der Waals surface area contributed by atoms with Gasteiger partial charge in [0.2, 0.25) is 0 Å². The summed E-state index contributed by atoms with van der Waals surface area (Å²) in [6, 6.07) is 7.66. The molecule has 0 bridgehead atoms. The third-order valence-electron chi connectivity index (χ3n) is 4.30. The van der Waals surface area contributed by atoms with Gasteiger partial charge < -0.3 is 10.0 Å². The zero-order valence-corrected chi connectivity index (χ0v) is 13.6. The Labute approximate surface area is 137 Å². The van der Waals surface area contributed by atoms with Gasteiger partial charge in [-0.3, -0.25) is 14.4 Å². The van der Waals surface area contributed by atoms with Gasteiger partial charge in [0.05, 0.1) is 10.8 Å². The molecule has 6 heteroatoms. The molecule has 0 aliphatic carbocycles. The Bertz CT molecular complexity index is 795. The van der Waals surface area contributed by atoms with Crippen molar-refractivity contribution < 1.29 is 19.5 Å². The van der Waals surface area contributed by atoms with Gasteiger partial charge >= 0.3 is 5.97 Å². The molecule has 2 aromatic rings. The summed E-state index contributed by atoms with van der Waals surface area (Å²) in [5.41, 5.74) is 0.816. The maximum atomic E-state index is 12.6. The molecular formula is C17H17NO4S. The van der Waals surface area contributed by atoms with Crippen molar-refractivity contribution in [3.63, 3.8) is 0 Å². The summed E-state index contributed by atoms with van der Waals surface area (Å²) in [4.78, 5) is 38.0. The van der Waals surface area contributed by atoms with E-state index >= 15 is 0 Å². The van der Waals surface area contributed by atoms with E-state index in [2.05, 4.69) is 0 Å². The summed E-state index contributed by atoms with van der Waals surface area (Å²) in [6.07, 6.45) is 1.16. The van der Waals surface area contributed by atoms with Crippen molar-refractivity contribution in [1.29, 1.82) is 0 Å². The van der Waals surface area contributed by atoms with Crippen LogP contribution in [0.5, 0.6) is 0 Å². The highest BCUT2D eigenvalue weighted by molar-refractivity contribution is 7.21. The fourth-order valence-corrected chi connectivity index (χ4v) is 4.14. The fraction of sp³-hybridized carbons (Fsp3) is 0.353. The number of carboxylic acid groups (broad SMARTS) is 1. The first-order valence-corrected chi connectivity index (χ1v) is 8.35. The Kier molecular flexibility index (Phi) is 4.17. The van der Waals surface area contributed by atoms with Gasteiger partial charge in [-0.2, -0.15) is 0 Å². The molecule has 5 nitrogen and oxygen atoms in total. The van der Waals surface area contributed by atoms with E-state index in [0.717, 1.165) is 15.6 Å². The molecule has 1 N–H and O–H groups in total. The van der Waals surface area contributed by atoms with Crippen molar-refractivity contribution in [3.05, 3.63) is 34.7 Å². The van der Waals surface area contributed by atoms with Gasteiger partial charge in [0.1, 0.15) is 0 Å². The predicted molar refractivity (Wildman–Crippen MR) is 87.8 cm³/mol. The summed E-state index contributed by atoms with van der Waals surface area (Å²) in [6.45, 7) is 2.40. The minimum atomic E-state index is -0.909. The smallest absolute Gasteiger partial charge is 0.308 e. The second kappa shape index (κ2) is 6.12. The molecular weight excluding hydrogens is 314 g/mol. The number of aliphatic carboxylic acids is 1. The van der Waals surface area contributed by atoms with E-state index in [-0.39, 0.29) is 6.54 Å². The van der Waals surface area contributed by atoms with Crippen molar-refractivity contribution in [3.8, 4) is 0 Å². The number of Topliss-reactive ketones (excluding diaryl/α,β-unsaturated/α-hetero) is 1. The topological polar surface area (TPSA) is 74.7 Å². The Hall–Kier alpha value is -2.21. The summed E-state index contributed by atoms with van der Waals surface area (Å²) in [7, 11) is 0. The Morgan fingerprint density at radius 3 is 2.70 bits per heavy atom. The fourth-order valence-electron chi connectivity index (χ4n) is 2.99. The summed E-state index contributed by atoms with van der Waals surface area (Å²) >= 11 is 1.32. The molecule has 1 aliphatic heterocycles. The van der Waals surface area contributed by atoms with Crippen LogP contribution in [0.4, 0.5) is 0 Å². The van der Waals surface area contributed by atoms with Crippen LogP contribution >= 0.6 is 11.3 Å². The molecule has 0 spiro atoms. The zero-order chi connectivity index (χ0) is 16.6. The molecule has 1 fully saturated rings. The molecule has 1 amide bonds. The first kappa shape index (κ1) is 15.7. The van der Waals surface area contributed by atoms with E-state index in [4.69, 9.17) is 5.11 Å². The highest BCUT2D eigenvalue weighted by atomic mass is 32.1. The van der Waals surface area contributed by atoms with Crippen LogP contribution in [0.25, 0.3) is 10.1 Å². The first-order valence-electron chi connectivity index (χ1n) is 7.53. The molecule has 0 radical (unpaired) electrons. The Morgan fingerprint density at radius 1 is 1.26 bits per heavy atom. The predicted octanol–water partition coefficient (Wildman–Crippen LogP) is 2.72. The van der Waals surface area contributed by atoms with E-state index in [0.29, 0.717) is 24.3 Å². The van der Waals surface area contributed by atoms with E-state index in [1.807, 2.05) is 31.2 Å². The number of hydrogen-bond donors (Lipinski definition) is 1.